The average molecular weight is 466 g/mol. The normalized spacial score (nSPS) is 12.5. The first-order valence-electron chi connectivity index (χ1n) is 9.19. The van der Waals surface area contributed by atoms with Crippen molar-refractivity contribution in [2.24, 2.45) is 4.99 Å². The molecule has 0 N–H and O–H groups in total. The van der Waals surface area contributed by atoms with Crippen molar-refractivity contribution in [3.63, 3.8) is 0 Å². The third-order valence-corrected chi connectivity index (χ3v) is 7.18. The number of carbonyl (C=O) groups excluding carboxylic acids is 2. The molecule has 0 aliphatic carbocycles. The minimum atomic E-state index is -3.62. The molecule has 0 unspecified atom stereocenters. The first-order valence-corrected chi connectivity index (χ1v) is 11.5. The minimum Gasteiger partial charge on any atom is -0.465 e. The van der Waals surface area contributed by atoms with Gasteiger partial charge in [-0.1, -0.05) is 11.3 Å². The Morgan fingerprint density at radius 3 is 2.45 bits per heavy atom. The van der Waals surface area contributed by atoms with Crippen molar-refractivity contribution < 1.29 is 27.1 Å². The highest BCUT2D eigenvalue weighted by Gasteiger charge is 2.18. The number of aromatic nitrogens is 1. The summed E-state index contributed by atoms with van der Waals surface area (Å²) in [6.45, 7) is 1.69. The molecule has 0 saturated heterocycles. The van der Waals surface area contributed by atoms with Gasteiger partial charge in [0, 0.05) is 19.7 Å². The summed E-state index contributed by atoms with van der Waals surface area (Å²) in [5.74, 6) is -1.59. The van der Waals surface area contributed by atoms with E-state index in [0.717, 1.165) is 15.6 Å². The fourth-order valence-electron chi connectivity index (χ4n) is 2.75. The lowest BCUT2D eigenvalue weighted by atomic mass is 10.2. The van der Waals surface area contributed by atoms with Crippen molar-refractivity contribution in [3.05, 3.63) is 58.6 Å². The summed E-state index contributed by atoms with van der Waals surface area (Å²) in [5, 5.41) is 0. The van der Waals surface area contributed by atoms with Crippen LogP contribution in [0.3, 0.4) is 0 Å². The van der Waals surface area contributed by atoms with Crippen LogP contribution >= 0.6 is 11.3 Å². The lowest BCUT2D eigenvalue weighted by molar-refractivity contribution is -0.143. The molecule has 3 aromatic rings. The molecule has 0 saturated carbocycles. The molecule has 31 heavy (non-hydrogen) atoms. The molecule has 8 nitrogen and oxygen atoms in total. The predicted octanol–water partition coefficient (Wildman–Crippen LogP) is 2.40. The van der Waals surface area contributed by atoms with E-state index in [9.17, 15) is 22.4 Å². The molecule has 0 radical (unpaired) electrons. The summed E-state index contributed by atoms with van der Waals surface area (Å²) >= 11 is 1.06. The number of halogens is 1. The van der Waals surface area contributed by atoms with Gasteiger partial charge >= 0.3 is 5.97 Å². The zero-order chi connectivity index (χ0) is 22.8. The Morgan fingerprint density at radius 1 is 1.16 bits per heavy atom. The van der Waals surface area contributed by atoms with Gasteiger partial charge in [0.2, 0.25) is 10.0 Å². The second-order valence-corrected chi connectivity index (χ2v) is 9.78. The Kier molecular flexibility index (Phi) is 6.68. The third kappa shape index (κ3) is 4.89. The molecule has 11 heteroatoms. The number of hydrogen-bond acceptors (Lipinski definition) is 6. The molecule has 0 spiro atoms. The highest BCUT2D eigenvalue weighted by Crippen LogP contribution is 2.19. The topological polar surface area (TPSA) is 98.0 Å². The number of hydrogen-bond donors (Lipinski definition) is 0. The lowest BCUT2D eigenvalue weighted by Crippen LogP contribution is -2.23. The monoisotopic (exact) mass is 465 g/mol. The van der Waals surface area contributed by atoms with Gasteiger partial charge in [-0.05, 0) is 49.4 Å². The number of carbonyl (C=O) groups is 2. The van der Waals surface area contributed by atoms with Gasteiger partial charge in [0.05, 0.1) is 21.7 Å². The lowest BCUT2D eigenvalue weighted by Gasteiger charge is -2.11. The van der Waals surface area contributed by atoms with Gasteiger partial charge in [-0.15, -0.1) is 0 Å². The fraction of sp³-hybridized carbons (Fsp3) is 0.250. The van der Waals surface area contributed by atoms with E-state index in [1.54, 1.807) is 6.92 Å². The smallest absolute Gasteiger partial charge is 0.326 e. The summed E-state index contributed by atoms with van der Waals surface area (Å²) < 4.78 is 46.0. The number of nitrogens with zero attached hydrogens (tertiary/aromatic N) is 3. The molecule has 0 bridgehead atoms. The number of esters is 1. The van der Waals surface area contributed by atoms with Crippen LogP contribution in [0, 0.1) is 5.82 Å². The number of ether oxygens (including phenoxy) is 1. The van der Waals surface area contributed by atoms with Gasteiger partial charge in [0.15, 0.2) is 4.80 Å². The van der Waals surface area contributed by atoms with Crippen molar-refractivity contribution in [1.82, 2.24) is 8.87 Å². The number of sulfonamides is 1. The van der Waals surface area contributed by atoms with Crippen LogP contribution in [0.1, 0.15) is 17.3 Å². The van der Waals surface area contributed by atoms with Crippen LogP contribution in [0.5, 0.6) is 0 Å². The first-order chi connectivity index (χ1) is 14.6. The number of thiazole rings is 1. The summed E-state index contributed by atoms with van der Waals surface area (Å²) in [6.07, 6.45) is 0. The van der Waals surface area contributed by atoms with Crippen LogP contribution in [0.15, 0.2) is 52.4 Å². The number of rotatable bonds is 6. The Bertz CT molecular complexity index is 1310. The fourth-order valence-corrected chi connectivity index (χ4v) is 4.71. The van der Waals surface area contributed by atoms with E-state index in [1.165, 1.54) is 61.1 Å². The zero-order valence-corrected chi connectivity index (χ0v) is 18.7. The van der Waals surface area contributed by atoms with Crippen LogP contribution in [0.2, 0.25) is 0 Å². The van der Waals surface area contributed by atoms with E-state index in [4.69, 9.17) is 4.74 Å². The molecule has 1 aromatic heterocycles. The van der Waals surface area contributed by atoms with E-state index in [0.29, 0.717) is 10.2 Å². The van der Waals surface area contributed by atoms with Gasteiger partial charge in [-0.25, -0.2) is 17.1 Å². The Labute approximate surface area is 182 Å². The molecule has 0 aliphatic rings. The van der Waals surface area contributed by atoms with Gasteiger partial charge in [-0.3, -0.25) is 9.59 Å². The molecule has 0 aliphatic heterocycles. The molecule has 0 atom stereocenters. The van der Waals surface area contributed by atoms with Crippen LogP contribution in [0.25, 0.3) is 10.2 Å². The van der Waals surface area contributed by atoms with Crippen LogP contribution in [-0.2, 0) is 26.1 Å². The number of benzene rings is 2. The highest BCUT2D eigenvalue weighted by atomic mass is 32.2. The molecule has 164 valence electrons. The van der Waals surface area contributed by atoms with Crippen molar-refractivity contribution in [1.29, 1.82) is 0 Å². The molecule has 2 aromatic carbocycles. The standard InChI is InChI=1S/C20H20FN3O5S2/c1-4-29-18(25)12-24-16-10-7-14(21)11-17(16)30-20(24)22-19(26)13-5-8-15(9-6-13)31(27,28)23(2)3/h5-11H,4,12H2,1-3H3. The van der Waals surface area contributed by atoms with E-state index >= 15 is 0 Å². The van der Waals surface area contributed by atoms with Crippen molar-refractivity contribution >= 4 is 43.5 Å². The molecular formula is C20H20FN3O5S2. The van der Waals surface area contributed by atoms with Gasteiger partial charge in [0.1, 0.15) is 12.4 Å². The number of amides is 1. The van der Waals surface area contributed by atoms with Gasteiger partial charge in [-0.2, -0.15) is 4.99 Å². The minimum absolute atomic E-state index is 0.0452. The maximum absolute atomic E-state index is 13.6. The Hall–Kier alpha value is -2.89. The van der Waals surface area contributed by atoms with Crippen molar-refractivity contribution in [2.75, 3.05) is 20.7 Å². The highest BCUT2D eigenvalue weighted by molar-refractivity contribution is 7.89. The number of fused-ring (bicyclic) bond motifs is 1. The summed E-state index contributed by atoms with van der Waals surface area (Å²) in [5.41, 5.74) is 0.711. The van der Waals surface area contributed by atoms with E-state index in [1.807, 2.05) is 0 Å². The quantitative estimate of drug-likeness (QED) is 0.521. The SMILES string of the molecule is CCOC(=O)Cn1c(=NC(=O)c2ccc(S(=O)(=O)N(C)C)cc2)sc2cc(F)ccc21. The predicted molar refractivity (Wildman–Crippen MR) is 114 cm³/mol. The van der Waals surface area contributed by atoms with Crippen LogP contribution in [-0.4, -0.2) is 49.9 Å². The second kappa shape index (κ2) is 9.08. The third-order valence-electron chi connectivity index (χ3n) is 4.31. The van der Waals surface area contributed by atoms with Gasteiger partial charge in [0.25, 0.3) is 5.91 Å². The van der Waals surface area contributed by atoms with Crippen LogP contribution < -0.4 is 4.80 Å². The molecule has 1 heterocycles. The summed E-state index contributed by atoms with van der Waals surface area (Å²) in [6, 6.07) is 9.44. The van der Waals surface area contributed by atoms with Crippen molar-refractivity contribution in [3.8, 4) is 0 Å². The molecule has 1 amide bonds. The summed E-state index contributed by atoms with van der Waals surface area (Å²) in [7, 11) is -0.797. The molecule has 0 fully saturated rings. The maximum Gasteiger partial charge on any atom is 0.326 e. The van der Waals surface area contributed by atoms with E-state index < -0.39 is 27.7 Å². The second-order valence-electron chi connectivity index (χ2n) is 6.62. The van der Waals surface area contributed by atoms with E-state index in [-0.39, 0.29) is 28.4 Å². The van der Waals surface area contributed by atoms with Crippen molar-refractivity contribution in [2.45, 2.75) is 18.4 Å². The van der Waals surface area contributed by atoms with Crippen LogP contribution in [0.4, 0.5) is 4.39 Å². The maximum atomic E-state index is 13.6. The molecule has 3 rings (SSSR count). The molecular weight excluding hydrogens is 445 g/mol. The first kappa shape index (κ1) is 22.8. The zero-order valence-electron chi connectivity index (χ0n) is 17.0. The summed E-state index contributed by atoms with van der Waals surface area (Å²) in [4.78, 5) is 29.0. The van der Waals surface area contributed by atoms with Gasteiger partial charge < -0.3 is 9.30 Å². The average Bonchev–Trinajstić information content (AvgIpc) is 3.04. The van der Waals surface area contributed by atoms with E-state index in [2.05, 4.69) is 4.99 Å². The Balaban J connectivity index is 2.03. The largest absolute Gasteiger partial charge is 0.465 e. The Morgan fingerprint density at radius 2 is 1.84 bits per heavy atom.